The van der Waals surface area contributed by atoms with Crippen LogP contribution in [0.2, 0.25) is 0 Å². The first-order valence-electron chi connectivity index (χ1n) is 17.2. The minimum absolute atomic E-state index is 0.230. The first kappa shape index (κ1) is 29.5. The van der Waals surface area contributed by atoms with Gasteiger partial charge < -0.3 is 9.13 Å². The Bertz CT molecular complexity index is 2780. The zero-order valence-corrected chi connectivity index (χ0v) is 27.3. The van der Waals surface area contributed by atoms with Crippen molar-refractivity contribution in [1.29, 1.82) is 15.8 Å². The summed E-state index contributed by atoms with van der Waals surface area (Å²) in [4.78, 5) is 0. The number of nitriles is 3. The van der Waals surface area contributed by atoms with Gasteiger partial charge in [0.25, 0.3) is 0 Å². The van der Waals surface area contributed by atoms with Crippen LogP contribution < -0.4 is 0 Å². The van der Waals surface area contributed by atoms with E-state index in [0.29, 0.717) is 16.7 Å². The van der Waals surface area contributed by atoms with Gasteiger partial charge in [-0.15, -0.1) is 0 Å². The molecule has 1 aliphatic carbocycles. The molecule has 9 rings (SSSR count). The molecule has 0 radical (unpaired) electrons. The average Bonchev–Trinajstić information content (AvgIpc) is 3.69. The lowest BCUT2D eigenvalue weighted by atomic mass is 9.71. The molecule has 1 aliphatic rings. The Hall–Kier alpha value is -6.61. The predicted octanol–water partition coefficient (Wildman–Crippen LogP) is 10.9. The molecule has 2 heterocycles. The van der Waals surface area contributed by atoms with Crippen molar-refractivity contribution in [1.82, 2.24) is 9.13 Å². The smallest absolute Gasteiger partial charge is 0.0992 e. The molecule has 0 aliphatic heterocycles. The van der Waals surface area contributed by atoms with Crippen LogP contribution in [0, 0.1) is 34.0 Å². The average molecular weight is 642 g/mol. The molecular formula is C45H31N5. The van der Waals surface area contributed by atoms with Gasteiger partial charge in [-0.1, -0.05) is 73.5 Å². The van der Waals surface area contributed by atoms with E-state index in [-0.39, 0.29) is 11.8 Å². The monoisotopic (exact) mass is 641 g/mol. The Balaban J connectivity index is 1.23. The van der Waals surface area contributed by atoms with Crippen LogP contribution in [0.3, 0.4) is 0 Å². The molecule has 1 unspecified atom stereocenters. The van der Waals surface area contributed by atoms with Crippen LogP contribution in [0.4, 0.5) is 0 Å². The molecule has 6 aromatic carbocycles. The van der Waals surface area contributed by atoms with E-state index in [0.717, 1.165) is 80.7 Å². The van der Waals surface area contributed by atoms with Crippen LogP contribution in [-0.2, 0) is 0 Å². The summed E-state index contributed by atoms with van der Waals surface area (Å²) >= 11 is 0. The van der Waals surface area contributed by atoms with E-state index in [9.17, 15) is 15.8 Å². The summed E-state index contributed by atoms with van der Waals surface area (Å²) in [5.74, 6) is 0.505. The number of hydrogen-bond acceptors (Lipinski definition) is 3. The van der Waals surface area contributed by atoms with E-state index in [2.05, 4.69) is 112 Å². The summed E-state index contributed by atoms with van der Waals surface area (Å²) in [5.41, 5.74) is 10.8. The van der Waals surface area contributed by atoms with Crippen LogP contribution in [0.1, 0.15) is 65.3 Å². The number of nitrogens with zero attached hydrogens (tertiary/aromatic N) is 5. The SMILES string of the molecule is N#Cc1ccc([C@@H]2CCCCC2c2cccc(-n3c4ccccc4c4cc(C#N)ccc43)c2)c(-n2c3ccccc3c3ccc(C#N)cc32)c1. The summed E-state index contributed by atoms with van der Waals surface area (Å²) < 4.78 is 4.60. The van der Waals surface area contributed by atoms with Crippen molar-refractivity contribution in [3.63, 3.8) is 0 Å². The quantitative estimate of drug-likeness (QED) is 0.192. The van der Waals surface area contributed by atoms with Gasteiger partial charge in [-0.2, -0.15) is 15.8 Å². The van der Waals surface area contributed by atoms with Crippen molar-refractivity contribution in [3.8, 4) is 29.6 Å². The van der Waals surface area contributed by atoms with Crippen molar-refractivity contribution < 1.29 is 0 Å². The van der Waals surface area contributed by atoms with Gasteiger partial charge in [0, 0.05) is 27.2 Å². The Morgan fingerprint density at radius 2 is 1.06 bits per heavy atom. The number of para-hydroxylation sites is 2. The molecule has 0 spiro atoms. The molecule has 0 N–H and O–H groups in total. The molecule has 0 amide bonds. The highest BCUT2D eigenvalue weighted by molar-refractivity contribution is 6.10. The summed E-state index contributed by atoms with van der Waals surface area (Å²) in [5, 5.41) is 34.0. The highest BCUT2D eigenvalue weighted by Crippen LogP contribution is 2.47. The predicted molar refractivity (Wildman–Crippen MR) is 200 cm³/mol. The largest absolute Gasteiger partial charge is 0.309 e. The molecule has 8 aromatic rings. The molecule has 1 fully saturated rings. The molecule has 5 nitrogen and oxygen atoms in total. The third-order valence-electron chi connectivity index (χ3n) is 10.7. The zero-order chi connectivity index (χ0) is 33.8. The number of benzene rings is 6. The number of hydrogen-bond donors (Lipinski definition) is 0. The van der Waals surface area contributed by atoms with Crippen LogP contribution in [0.5, 0.6) is 0 Å². The third-order valence-corrected chi connectivity index (χ3v) is 10.7. The number of rotatable bonds is 4. The van der Waals surface area contributed by atoms with Crippen molar-refractivity contribution in [2.24, 2.45) is 0 Å². The number of aromatic nitrogens is 2. The van der Waals surface area contributed by atoms with E-state index in [1.165, 1.54) is 11.1 Å². The lowest BCUT2D eigenvalue weighted by molar-refractivity contribution is 0.386. The molecule has 50 heavy (non-hydrogen) atoms. The summed E-state index contributed by atoms with van der Waals surface area (Å²) in [6.45, 7) is 0. The molecule has 236 valence electrons. The molecule has 2 atom stereocenters. The lowest BCUT2D eigenvalue weighted by Crippen LogP contribution is -2.18. The first-order chi connectivity index (χ1) is 24.7. The molecule has 1 saturated carbocycles. The fraction of sp³-hybridized carbons (Fsp3) is 0.133. The maximum Gasteiger partial charge on any atom is 0.0992 e. The van der Waals surface area contributed by atoms with Crippen LogP contribution in [-0.4, -0.2) is 9.13 Å². The number of fused-ring (bicyclic) bond motifs is 6. The Labute approximate surface area is 290 Å². The molecule has 5 heteroatoms. The van der Waals surface area contributed by atoms with Gasteiger partial charge in [-0.25, -0.2) is 0 Å². The maximum atomic E-state index is 10.1. The highest BCUT2D eigenvalue weighted by atomic mass is 15.0. The van der Waals surface area contributed by atoms with Gasteiger partial charge in [0.1, 0.15) is 0 Å². The fourth-order valence-electron chi connectivity index (χ4n) is 8.54. The van der Waals surface area contributed by atoms with E-state index in [4.69, 9.17) is 0 Å². The van der Waals surface area contributed by atoms with Crippen LogP contribution >= 0.6 is 0 Å². The third kappa shape index (κ3) is 4.58. The summed E-state index contributed by atoms with van der Waals surface area (Å²) in [7, 11) is 0. The van der Waals surface area contributed by atoms with Crippen molar-refractivity contribution in [2.75, 3.05) is 0 Å². The summed E-state index contributed by atoms with van der Waals surface area (Å²) in [6.07, 6.45) is 4.41. The van der Waals surface area contributed by atoms with Gasteiger partial charge >= 0.3 is 0 Å². The molecule has 2 aromatic heterocycles. The van der Waals surface area contributed by atoms with Crippen molar-refractivity contribution in [2.45, 2.75) is 37.5 Å². The van der Waals surface area contributed by atoms with Gasteiger partial charge in [0.15, 0.2) is 0 Å². The van der Waals surface area contributed by atoms with Gasteiger partial charge in [-0.3, -0.25) is 0 Å². The second-order valence-corrected chi connectivity index (χ2v) is 13.4. The van der Waals surface area contributed by atoms with Crippen molar-refractivity contribution in [3.05, 3.63) is 155 Å². The standard InChI is InChI=1S/C45H31N5/c46-26-29-18-21-43-40(22-29)37-13-4-5-14-41(37)49(43)33-9-7-8-32(25-33)34-10-1-2-11-35(34)38-19-16-30(27-47)23-44(38)50-42-15-6-3-12-36(42)39-20-17-31(28-48)24-45(39)50/h3-9,12-25,34-35H,1-2,10-11H2/t34?,35-/m1/s1. The van der Waals surface area contributed by atoms with Crippen LogP contribution in [0.15, 0.2) is 127 Å². The van der Waals surface area contributed by atoms with E-state index < -0.39 is 0 Å². The minimum Gasteiger partial charge on any atom is -0.309 e. The second kappa shape index (κ2) is 11.8. The Morgan fingerprint density at radius 3 is 1.84 bits per heavy atom. The first-order valence-corrected chi connectivity index (χ1v) is 17.2. The second-order valence-electron chi connectivity index (χ2n) is 13.4. The topological polar surface area (TPSA) is 81.2 Å². The van der Waals surface area contributed by atoms with Gasteiger partial charge in [0.05, 0.1) is 62.7 Å². The fourth-order valence-corrected chi connectivity index (χ4v) is 8.54. The van der Waals surface area contributed by atoms with E-state index >= 15 is 0 Å². The molecular weight excluding hydrogens is 611 g/mol. The summed E-state index contributed by atoms with van der Waals surface area (Å²) in [6, 6.07) is 50.9. The van der Waals surface area contributed by atoms with E-state index in [1.807, 2.05) is 42.5 Å². The van der Waals surface area contributed by atoms with Crippen LogP contribution in [0.25, 0.3) is 55.0 Å². The Kier molecular flexibility index (Phi) is 6.98. The minimum atomic E-state index is 0.230. The lowest BCUT2D eigenvalue weighted by Gasteiger charge is -2.34. The zero-order valence-electron chi connectivity index (χ0n) is 27.3. The van der Waals surface area contributed by atoms with Gasteiger partial charge in [0.2, 0.25) is 0 Å². The molecule has 0 saturated heterocycles. The normalized spacial score (nSPS) is 16.0. The maximum absolute atomic E-state index is 10.1. The van der Waals surface area contributed by atoms with E-state index in [1.54, 1.807) is 0 Å². The van der Waals surface area contributed by atoms with Crippen molar-refractivity contribution >= 4 is 43.6 Å². The van der Waals surface area contributed by atoms with Gasteiger partial charge in [-0.05, 0) is 103 Å². The highest BCUT2D eigenvalue weighted by Gasteiger charge is 2.31. The Morgan fingerprint density at radius 1 is 0.460 bits per heavy atom. The molecule has 0 bridgehead atoms.